The number of aromatic nitrogens is 2. The zero-order valence-corrected chi connectivity index (χ0v) is 10.6. The fourth-order valence-electron chi connectivity index (χ4n) is 2.23. The van der Waals surface area contributed by atoms with Crippen molar-refractivity contribution in [3.63, 3.8) is 0 Å². The molecule has 1 atom stereocenters. The first-order valence-corrected chi connectivity index (χ1v) is 6.12. The van der Waals surface area contributed by atoms with Crippen molar-refractivity contribution in [1.82, 2.24) is 9.97 Å². The van der Waals surface area contributed by atoms with Crippen LogP contribution in [0.25, 0.3) is 0 Å². The smallest absolute Gasteiger partial charge is 0.357 e. The number of morpholine rings is 1. The van der Waals surface area contributed by atoms with Crippen molar-refractivity contribution in [2.24, 2.45) is 0 Å². The Labute approximate surface area is 109 Å². The van der Waals surface area contributed by atoms with Crippen molar-refractivity contribution in [2.45, 2.75) is 19.6 Å². The third kappa shape index (κ3) is 1.81. The van der Waals surface area contributed by atoms with E-state index < -0.39 is 5.97 Å². The van der Waals surface area contributed by atoms with Crippen molar-refractivity contribution >= 4 is 23.4 Å². The van der Waals surface area contributed by atoms with E-state index in [1.54, 1.807) is 0 Å². The molecular weight excluding hydrogens is 258 g/mol. The van der Waals surface area contributed by atoms with Crippen LogP contribution in [0.4, 0.5) is 5.82 Å². The lowest BCUT2D eigenvalue weighted by Crippen LogP contribution is -2.44. The van der Waals surface area contributed by atoms with Gasteiger partial charge in [-0.25, -0.2) is 14.8 Å². The number of halogens is 1. The minimum absolute atomic E-state index is 0.0706. The minimum Gasteiger partial charge on any atom is -0.456 e. The van der Waals surface area contributed by atoms with Crippen molar-refractivity contribution < 1.29 is 14.3 Å². The molecule has 0 unspecified atom stereocenters. The van der Waals surface area contributed by atoms with Gasteiger partial charge in [-0.15, -0.1) is 0 Å². The third-order valence-corrected chi connectivity index (χ3v) is 3.31. The molecule has 0 bridgehead atoms. The van der Waals surface area contributed by atoms with E-state index in [-0.39, 0.29) is 23.6 Å². The number of hydrogen-bond acceptors (Lipinski definition) is 6. The number of rotatable bonds is 1. The number of ether oxygens (including phenoxy) is 2. The largest absolute Gasteiger partial charge is 0.456 e. The average Bonchev–Trinajstić information content (AvgIpc) is 2.71. The van der Waals surface area contributed by atoms with E-state index in [1.807, 2.05) is 6.92 Å². The Bertz CT molecular complexity index is 509. The first kappa shape index (κ1) is 11.7. The molecule has 3 rings (SSSR count). The number of carbonyl (C=O) groups is 1. The van der Waals surface area contributed by atoms with Gasteiger partial charge in [0, 0.05) is 6.54 Å². The number of hydrogen-bond donors (Lipinski definition) is 0. The summed E-state index contributed by atoms with van der Waals surface area (Å²) in [7, 11) is 0. The van der Waals surface area contributed by atoms with Crippen molar-refractivity contribution in [1.29, 1.82) is 0 Å². The molecular formula is C11H12ClN3O3. The van der Waals surface area contributed by atoms with Crippen molar-refractivity contribution in [3.8, 4) is 0 Å². The van der Waals surface area contributed by atoms with Gasteiger partial charge in [0.25, 0.3) is 0 Å². The number of cyclic esters (lactones) is 1. The maximum atomic E-state index is 11.5. The van der Waals surface area contributed by atoms with E-state index in [2.05, 4.69) is 14.9 Å². The summed E-state index contributed by atoms with van der Waals surface area (Å²) >= 11 is 5.87. The summed E-state index contributed by atoms with van der Waals surface area (Å²) in [5.74, 6) is 0.253. The lowest BCUT2D eigenvalue weighted by molar-refractivity contribution is 0.0530. The number of fused-ring (bicyclic) bond motifs is 1. The molecule has 0 saturated carbocycles. The quantitative estimate of drug-likeness (QED) is 0.560. The molecule has 1 aromatic heterocycles. The molecule has 18 heavy (non-hydrogen) atoms. The number of carbonyl (C=O) groups excluding carboxylic acids is 1. The van der Waals surface area contributed by atoms with E-state index >= 15 is 0 Å². The second kappa shape index (κ2) is 4.37. The molecule has 0 radical (unpaired) electrons. The van der Waals surface area contributed by atoms with Crippen LogP contribution in [0.5, 0.6) is 0 Å². The zero-order valence-electron chi connectivity index (χ0n) is 9.85. The van der Waals surface area contributed by atoms with Gasteiger partial charge in [0.05, 0.1) is 24.8 Å². The molecule has 0 N–H and O–H groups in total. The van der Waals surface area contributed by atoms with E-state index in [0.717, 1.165) is 12.1 Å². The Morgan fingerprint density at radius 1 is 1.44 bits per heavy atom. The number of anilines is 1. The molecule has 0 aromatic carbocycles. The predicted octanol–water partition coefficient (Wildman–Crippen LogP) is 1.03. The normalized spacial score (nSPS) is 22.9. The summed E-state index contributed by atoms with van der Waals surface area (Å²) in [5.41, 5.74) is 1.00. The Morgan fingerprint density at radius 2 is 2.28 bits per heavy atom. The molecule has 7 heteroatoms. The molecule has 0 spiro atoms. The van der Waals surface area contributed by atoms with E-state index in [1.165, 1.54) is 0 Å². The van der Waals surface area contributed by atoms with Crippen molar-refractivity contribution in [3.05, 3.63) is 16.5 Å². The van der Waals surface area contributed by atoms with Gasteiger partial charge in [0.2, 0.25) is 5.28 Å². The summed E-state index contributed by atoms with van der Waals surface area (Å²) in [4.78, 5) is 21.8. The van der Waals surface area contributed by atoms with Gasteiger partial charge >= 0.3 is 5.97 Å². The lowest BCUT2D eigenvalue weighted by Gasteiger charge is -2.34. The fourth-order valence-corrected chi connectivity index (χ4v) is 2.40. The topological polar surface area (TPSA) is 64.6 Å². The van der Waals surface area contributed by atoms with Gasteiger partial charge in [0.1, 0.15) is 12.4 Å². The molecule has 0 amide bonds. The zero-order chi connectivity index (χ0) is 12.7. The maximum absolute atomic E-state index is 11.5. The summed E-state index contributed by atoms with van der Waals surface area (Å²) in [6.07, 6.45) is 0. The van der Waals surface area contributed by atoms with Crippen LogP contribution in [-0.2, 0) is 16.1 Å². The second-order valence-corrected chi connectivity index (χ2v) is 4.67. The van der Waals surface area contributed by atoms with Gasteiger partial charge in [-0.1, -0.05) is 0 Å². The van der Waals surface area contributed by atoms with Crippen LogP contribution >= 0.6 is 11.6 Å². The highest BCUT2D eigenvalue weighted by molar-refractivity contribution is 6.28. The van der Waals surface area contributed by atoms with Crippen LogP contribution in [0.1, 0.15) is 23.0 Å². The molecule has 1 saturated heterocycles. The predicted molar refractivity (Wildman–Crippen MR) is 63.8 cm³/mol. The minimum atomic E-state index is -0.434. The Kier molecular flexibility index (Phi) is 2.83. The molecule has 2 aliphatic rings. The molecule has 2 aliphatic heterocycles. The van der Waals surface area contributed by atoms with Gasteiger partial charge < -0.3 is 14.4 Å². The molecule has 1 aromatic rings. The molecule has 3 heterocycles. The molecule has 1 fully saturated rings. The fraction of sp³-hybridized carbons (Fsp3) is 0.545. The second-order valence-electron chi connectivity index (χ2n) is 4.34. The van der Waals surface area contributed by atoms with E-state index in [9.17, 15) is 4.79 Å². The van der Waals surface area contributed by atoms with Crippen LogP contribution in [-0.4, -0.2) is 41.7 Å². The van der Waals surface area contributed by atoms with Gasteiger partial charge in [-0.2, -0.15) is 0 Å². The van der Waals surface area contributed by atoms with Crippen LogP contribution in [0.15, 0.2) is 0 Å². The van der Waals surface area contributed by atoms with Gasteiger partial charge in [0.15, 0.2) is 5.69 Å². The first-order chi connectivity index (χ1) is 8.66. The van der Waals surface area contributed by atoms with Crippen LogP contribution in [0, 0.1) is 0 Å². The summed E-state index contributed by atoms with van der Waals surface area (Å²) in [6.45, 7) is 4.24. The summed E-state index contributed by atoms with van der Waals surface area (Å²) in [6, 6.07) is 0.185. The van der Waals surface area contributed by atoms with E-state index in [4.69, 9.17) is 21.1 Å². The molecule has 0 aliphatic carbocycles. The first-order valence-electron chi connectivity index (χ1n) is 5.74. The van der Waals surface area contributed by atoms with Crippen LogP contribution in [0.3, 0.4) is 0 Å². The average molecular weight is 270 g/mol. The van der Waals surface area contributed by atoms with Gasteiger partial charge in [-0.05, 0) is 18.5 Å². The van der Waals surface area contributed by atoms with Crippen molar-refractivity contribution in [2.75, 3.05) is 24.7 Å². The monoisotopic (exact) mass is 269 g/mol. The lowest BCUT2D eigenvalue weighted by atomic mass is 10.2. The van der Waals surface area contributed by atoms with Crippen LogP contribution < -0.4 is 4.90 Å². The Hall–Kier alpha value is -1.40. The summed E-state index contributed by atoms with van der Waals surface area (Å²) in [5, 5.41) is 0.0706. The summed E-state index contributed by atoms with van der Waals surface area (Å²) < 4.78 is 10.4. The SMILES string of the molecule is C[C@H]1COCCN1c1nc(Cl)nc2c1COC2=O. The Balaban J connectivity index is 2.06. The highest BCUT2D eigenvalue weighted by Crippen LogP contribution is 2.30. The van der Waals surface area contributed by atoms with Gasteiger partial charge in [-0.3, -0.25) is 0 Å². The maximum Gasteiger partial charge on any atom is 0.357 e. The van der Waals surface area contributed by atoms with E-state index in [0.29, 0.717) is 19.0 Å². The number of esters is 1. The molecule has 96 valence electrons. The highest BCUT2D eigenvalue weighted by Gasteiger charge is 2.32. The third-order valence-electron chi connectivity index (χ3n) is 3.14. The molecule has 6 nitrogen and oxygen atoms in total. The Morgan fingerprint density at radius 3 is 3.06 bits per heavy atom. The number of nitrogens with zero attached hydrogens (tertiary/aromatic N) is 3. The highest BCUT2D eigenvalue weighted by atomic mass is 35.5. The van der Waals surface area contributed by atoms with Crippen LogP contribution in [0.2, 0.25) is 5.28 Å². The standard InChI is InChI=1S/C11H12ClN3O3/c1-6-4-17-3-2-15(6)9-7-5-18-10(16)8(7)13-11(12)14-9/h6H,2-5H2,1H3/t6-/m0/s1.